The molecular formula is C17H28N4O. The van der Waals surface area contributed by atoms with Crippen molar-refractivity contribution in [3.8, 4) is 5.75 Å². The van der Waals surface area contributed by atoms with E-state index in [9.17, 15) is 0 Å². The summed E-state index contributed by atoms with van der Waals surface area (Å²) in [6, 6.07) is 1.11. The lowest BCUT2D eigenvalue weighted by atomic mass is 10.0. The van der Waals surface area contributed by atoms with Crippen molar-refractivity contribution in [2.45, 2.75) is 64.5 Å². The Morgan fingerprint density at radius 1 is 1.14 bits per heavy atom. The molecule has 0 aromatic carbocycles. The highest BCUT2D eigenvalue weighted by Crippen LogP contribution is 2.40. The molecule has 0 amide bonds. The monoisotopic (exact) mass is 304 g/mol. The van der Waals surface area contributed by atoms with Crippen LogP contribution in [0, 0.1) is 6.92 Å². The van der Waals surface area contributed by atoms with Crippen molar-refractivity contribution in [1.29, 1.82) is 0 Å². The number of piperidine rings is 1. The van der Waals surface area contributed by atoms with Crippen LogP contribution >= 0.6 is 0 Å². The highest BCUT2D eigenvalue weighted by Gasteiger charge is 2.29. The normalized spacial score (nSPS) is 20.4. The van der Waals surface area contributed by atoms with Crippen molar-refractivity contribution in [2.24, 2.45) is 0 Å². The molecule has 5 heteroatoms. The zero-order chi connectivity index (χ0) is 15.7. The first-order valence-electron chi connectivity index (χ1n) is 8.51. The second-order valence-corrected chi connectivity index (χ2v) is 6.87. The van der Waals surface area contributed by atoms with E-state index >= 15 is 0 Å². The molecule has 1 aromatic rings. The van der Waals surface area contributed by atoms with Crippen LogP contribution in [-0.2, 0) is 0 Å². The van der Waals surface area contributed by atoms with Gasteiger partial charge in [0.05, 0.1) is 12.8 Å². The van der Waals surface area contributed by atoms with E-state index in [0.717, 1.165) is 49.0 Å². The molecule has 1 N–H and O–H groups in total. The van der Waals surface area contributed by atoms with Crippen molar-refractivity contribution in [3.63, 3.8) is 0 Å². The number of likely N-dealkylation sites (tertiary alicyclic amines) is 1. The third kappa shape index (κ3) is 3.35. The van der Waals surface area contributed by atoms with Gasteiger partial charge in [0, 0.05) is 31.1 Å². The third-order valence-electron chi connectivity index (χ3n) is 4.80. The molecule has 1 aromatic heterocycles. The van der Waals surface area contributed by atoms with Crippen molar-refractivity contribution in [1.82, 2.24) is 14.9 Å². The number of nitrogens with one attached hydrogen (secondary N) is 1. The van der Waals surface area contributed by atoms with Crippen LogP contribution < -0.4 is 10.1 Å². The predicted molar refractivity (Wildman–Crippen MR) is 88.6 cm³/mol. The zero-order valence-corrected chi connectivity index (χ0v) is 14.2. The molecular weight excluding hydrogens is 276 g/mol. The van der Waals surface area contributed by atoms with Crippen molar-refractivity contribution < 1.29 is 4.74 Å². The Morgan fingerprint density at radius 2 is 1.82 bits per heavy atom. The van der Waals surface area contributed by atoms with Crippen LogP contribution in [0.15, 0.2) is 0 Å². The van der Waals surface area contributed by atoms with E-state index in [1.807, 2.05) is 6.92 Å². The molecule has 122 valence electrons. The van der Waals surface area contributed by atoms with Gasteiger partial charge >= 0.3 is 0 Å². The molecule has 2 fully saturated rings. The molecule has 1 saturated carbocycles. The van der Waals surface area contributed by atoms with Gasteiger partial charge in [-0.1, -0.05) is 0 Å². The van der Waals surface area contributed by atoms with Crippen LogP contribution in [0.5, 0.6) is 5.75 Å². The lowest BCUT2D eigenvalue weighted by molar-refractivity contribution is 0.177. The molecule has 0 bridgehead atoms. The fourth-order valence-corrected chi connectivity index (χ4v) is 3.20. The zero-order valence-electron chi connectivity index (χ0n) is 14.2. The molecule has 1 aliphatic heterocycles. The maximum Gasteiger partial charge on any atom is 0.182 e. The minimum Gasteiger partial charge on any atom is -0.491 e. The second kappa shape index (κ2) is 6.41. The van der Waals surface area contributed by atoms with Gasteiger partial charge in [-0.05, 0) is 46.5 Å². The molecule has 2 aliphatic rings. The molecule has 0 radical (unpaired) electrons. The Balaban J connectivity index is 1.71. The number of nitrogens with zero attached hydrogens (tertiary/aromatic N) is 3. The average molecular weight is 304 g/mol. The van der Waals surface area contributed by atoms with Crippen LogP contribution in [0.2, 0.25) is 0 Å². The third-order valence-corrected chi connectivity index (χ3v) is 4.80. The summed E-state index contributed by atoms with van der Waals surface area (Å²) in [6.07, 6.45) is 4.75. The summed E-state index contributed by atoms with van der Waals surface area (Å²) in [5.74, 6) is 3.24. The SMILES string of the molecule is COc1c(C)nc(C2CC2)nc1NC1CCN(C(C)C)CC1. The van der Waals surface area contributed by atoms with Gasteiger partial charge in [-0.15, -0.1) is 0 Å². The minimum atomic E-state index is 0.477. The number of hydrogen-bond acceptors (Lipinski definition) is 5. The van der Waals surface area contributed by atoms with Crippen LogP contribution in [0.3, 0.4) is 0 Å². The first-order chi connectivity index (χ1) is 10.6. The predicted octanol–water partition coefficient (Wildman–Crippen LogP) is 2.96. The summed E-state index contributed by atoms with van der Waals surface area (Å²) in [4.78, 5) is 11.9. The highest BCUT2D eigenvalue weighted by molar-refractivity contribution is 5.53. The number of anilines is 1. The molecule has 1 saturated heterocycles. The first-order valence-corrected chi connectivity index (χ1v) is 8.51. The molecule has 5 nitrogen and oxygen atoms in total. The number of methoxy groups -OCH3 is 1. The molecule has 3 rings (SSSR count). The van der Waals surface area contributed by atoms with Gasteiger partial charge in [0.15, 0.2) is 11.6 Å². The molecule has 2 heterocycles. The van der Waals surface area contributed by atoms with Gasteiger partial charge < -0.3 is 15.0 Å². The fourth-order valence-electron chi connectivity index (χ4n) is 3.20. The quantitative estimate of drug-likeness (QED) is 0.906. The van der Waals surface area contributed by atoms with E-state index in [1.54, 1.807) is 7.11 Å². The van der Waals surface area contributed by atoms with E-state index < -0.39 is 0 Å². The van der Waals surface area contributed by atoms with Gasteiger partial charge in [-0.3, -0.25) is 0 Å². The van der Waals surface area contributed by atoms with E-state index in [0.29, 0.717) is 18.0 Å². The summed E-state index contributed by atoms with van der Waals surface area (Å²) in [7, 11) is 1.70. The number of hydrogen-bond donors (Lipinski definition) is 1. The minimum absolute atomic E-state index is 0.477. The summed E-state index contributed by atoms with van der Waals surface area (Å²) < 4.78 is 5.53. The van der Waals surface area contributed by atoms with Gasteiger partial charge in [0.1, 0.15) is 5.82 Å². The van der Waals surface area contributed by atoms with Crippen molar-refractivity contribution in [3.05, 3.63) is 11.5 Å². The summed E-state index contributed by atoms with van der Waals surface area (Å²) in [5, 5.41) is 3.62. The Morgan fingerprint density at radius 3 is 2.36 bits per heavy atom. The molecule has 22 heavy (non-hydrogen) atoms. The van der Waals surface area contributed by atoms with Gasteiger partial charge in [-0.2, -0.15) is 0 Å². The standard InChI is InChI=1S/C17H28N4O/c1-11(2)21-9-7-14(8-10-21)19-17-15(22-4)12(3)18-16(20-17)13-5-6-13/h11,13-14H,5-10H2,1-4H3,(H,18,19,20). The van der Waals surface area contributed by atoms with Crippen LogP contribution in [0.25, 0.3) is 0 Å². The molecule has 0 spiro atoms. The molecule has 1 aliphatic carbocycles. The van der Waals surface area contributed by atoms with E-state index in [4.69, 9.17) is 9.72 Å². The highest BCUT2D eigenvalue weighted by atomic mass is 16.5. The van der Waals surface area contributed by atoms with E-state index in [1.165, 1.54) is 12.8 Å². The number of aromatic nitrogens is 2. The second-order valence-electron chi connectivity index (χ2n) is 6.87. The molecule has 0 atom stereocenters. The number of rotatable bonds is 5. The van der Waals surface area contributed by atoms with Crippen molar-refractivity contribution in [2.75, 3.05) is 25.5 Å². The first kappa shape index (κ1) is 15.5. The maximum absolute atomic E-state index is 5.53. The summed E-state index contributed by atoms with van der Waals surface area (Å²) in [6.45, 7) is 8.85. The molecule has 0 unspecified atom stereocenters. The Bertz CT molecular complexity index is 520. The van der Waals surface area contributed by atoms with Crippen LogP contribution in [-0.4, -0.2) is 47.2 Å². The Labute approximate surface area is 133 Å². The number of ether oxygens (including phenoxy) is 1. The Kier molecular flexibility index (Phi) is 4.52. The smallest absolute Gasteiger partial charge is 0.182 e. The fraction of sp³-hybridized carbons (Fsp3) is 0.765. The van der Waals surface area contributed by atoms with Crippen LogP contribution in [0.4, 0.5) is 5.82 Å². The van der Waals surface area contributed by atoms with Gasteiger partial charge in [0.2, 0.25) is 0 Å². The lowest BCUT2D eigenvalue weighted by Gasteiger charge is -2.35. The topological polar surface area (TPSA) is 50.3 Å². The lowest BCUT2D eigenvalue weighted by Crippen LogP contribution is -2.42. The van der Waals surface area contributed by atoms with E-state index in [-0.39, 0.29) is 0 Å². The van der Waals surface area contributed by atoms with Gasteiger partial charge in [-0.25, -0.2) is 9.97 Å². The number of aryl methyl sites for hydroxylation is 1. The Hall–Kier alpha value is -1.36. The van der Waals surface area contributed by atoms with Crippen LogP contribution in [0.1, 0.15) is 57.0 Å². The average Bonchev–Trinajstić information content (AvgIpc) is 3.32. The van der Waals surface area contributed by atoms with E-state index in [2.05, 4.69) is 29.0 Å². The van der Waals surface area contributed by atoms with Gasteiger partial charge in [0.25, 0.3) is 0 Å². The maximum atomic E-state index is 5.53. The largest absolute Gasteiger partial charge is 0.491 e. The van der Waals surface area contributed by atoms with Crippen molar-refractivity contribution >= 4 is 5.82 Å². The summed E-state index contributed by atoms with van der Waals surface area (Å²) >= 11 is 0. The summed E-state index contributed by atoms with van der Waals surface area (Å²) in [5.41, 5.74) is 0.946.